The van der Waals surface area contributed by atoms with Crippen LogP contribution in [0.5, 0.6) is 0 Å². The maximum atomic E-state index is 11.5. The van der Waals surface area contributed by atoms with Crippen LogP contribution in [0.1, 0.15) is 24.4 Å². The van der Waals surface area contributed by atoms with Crippen molar-refractivity contribution in [1.29, 1.82) is 0 Å². The lowest BCUT2D eigenvalue weighted by Crippen LogP contribution is -2.37. The second kappa shape index (κ2) is 3.86. The van der Waals surface area contributed by atoms with Gasteiger partial charge in [-0.1, -0.05) is 6.92 Å². The third-order valence-corrected chi connectivity index (χ3v) is 3.44. The number of nitrogens with zero attached hydrogens (tertiary/aromatic N) is 1. The van der Waals surface area contributed by atoms with Crippen LogP contribution in [-0.4, -0.2) is 28.8 Å². The number of hydrogen-bond donors (Lipinski definition) is 1. The van der Waals surface area contributed by atoms with E-state index in [1.54, 1.807) is 0 Å². The molecule has 1 aliphatic rings. The average molecular weight is 241 g/mol. The van der Waals surface area contributed by atoms with Crippen LogP contribution in [0.15, 0.2) is 15.6 Å². The lowest BCUT2D eigenvalue weighted by atomic mass is 10.3. The van der Waals surface area contributed by atoms with Gasteiger partial charge in [-0.3, -0.25) is 4.79 Å². The second-order valence-corrected chi connectivity index (χ2v) is 5.12. The maximum absolute atomic E-state index is 11.5. The fraction of sp³-hybridized carbons (Fsp3) is 0.400. The number of rotatable bonds is 1. The number of carboxylic acid groups (broad SMARTS) is 1. The molecule has 6 heteroatoms. The summed E-state index contributed by atoms with van der Waals surface area (Å²) < 4.78 is 4.99. The van der Waals surface area contributed by atoms with Crippen molar-refractivity contribution in [1.82, 2.24) is 0 Å². The van der Waals surface area contributed by atoms with Gasteiger partial charge in [0.15, 0.2) is 0 Å². The highest BCUT2D eigenvalue weighted by Gasteiger charge is 2.32. The summed E-state index contributed by atoms with van der Waals surface area (Å²) in [6, 6.07) is 0. The molecule has 16 heavy (non-hydrogen) atoms. The predicted molar refractivity (Wildman–Crippen MR) is 59.0 cm³/mol. The molecule has 1 unspecified atom stereocenters. The van der Waals surface area contributed by atoms with Gasteiger partial charge in [-0.15, -0.1) is 11.8 Å². The molecule has 0 saturated carbocycles. The van der Waals surface area contributed by atoms with Crippen LogP contribution in [0.4, 0.5) is 5.69 Å². The lowest BCUT2D eigenvalue weighted by molar-refractivity contribution is -0.116. The number of thioether (sulfide) groups is 1. The van der Waals surface area contributed by atoms with Crippen molar-refractivity contribution in [3.63, 3.8) is 0 Å². The Kier molecular flexibility index (Phi) is 2.67. The summed E-state index contributed by atoms with van der Waals surface area (Å²) in [5, 5.41) is 9.19. The minimum atomic E-state index is -1.15. The molecule has 1 aromatic rings. The van der Waals surface area contributed by atoms with Crippen molar-refractivity contribution in [3.05, 3.63) is 12.0 Å². The monoisotopic (exact) mass is 241 g/mol. The van der Waals surface area contributed by atoms with Crippen LogP contribution >= 0.6 is 11.8 Å². The molecule has 5 nitrogen and oxygen atoms in total. The summed E-state index contributed by atoms with van der Waals surface area (Å²) in [6.45, 7) is 3.91. The Bertz CT molecular complexity index is 454. The fourth-order valence-corrected chi connectivity index (χ4v) is 2.79. The number of furan rings is 1. The van der Waals surface area contributed by atoms with Crippen molar-refractivity contribution in [2.75, 3.05) is 11.4 Å². The van der Waals surface area contributed by atoms with E-state index in [2.05, 4.69) is 0 Å². The molecule has 1 aromatic heterocycles. The van der Waals surface area contributed by atoms with Gasteiger partial charge in [-0.05, 0) is 0 Å². The molecule has 0 saturated heterocycles. The molecule has 1 aliphatic heterocycles. The molecule has 0 aromatic carbocycles. The number of aromatic carboxylic acids is 1. The zero-order valence-corrected chi connectivity index (χ0v) is 9.71. The Balaban J connectivity index is 2.52. The summed E-state index contributed by atoms with van der Waals surface area (Å²) in [4.78, 5) is 24.6. The summed E-state index contributed by atoms with van der Waals surface area (Å²) in [5.74, 6) is -1.48. The van der Waals surface area contributed by atoms with Crippen LogP contribution in [0.25, 0.3) is 0 Å². The Morgan fingerprint density at radius 2 is 2.31 bits per heavy atom. The van der Waals surface area contributed by atoms with E-state index in [0.717, 1.165) is 0 Å². The molecule has 0 aliphatic carbocycles. The van der Waals surface area contributed by atoms with Crippen LogP contribution in [0.2, 0.25) is 0 Å². The summed E-state index contributed by atoms with van der Waals surface area (Å²) in [7, 11) is 0. The Morgan fingerprint density at radius 1 is 1.62 bits per heavy atom. The van der Waals surface area contributed by atoms with Crippen molar-refractivity contribution in [2.45, 2.75) is 24.0 Å². The number of hydrogen-bond acceptors (Lipinski definition) is 4. The van der Waals surface area contributed by atoms with Gasteiger partial charge >= 0.3 is 5.97 Å². The minimum absolute atomic E-state index is 0.162. The maximum Gasteiger partial charge on any atom is 0.374 e. The van der Waals surface area contributed by atoms with Crippen LogP contribution in [-0.2, 0) is 4.79 Å². The van der Waals surface area contributed by atoms with E-state index in [9.17, 15) is 9.59 Å². The van der Waals surface area contributed by atoms with Gasteiger partial charge in [0.05, 0.1) is 4.90 Å². The zero-order chi connectivity index (χ0) is 11.9. The van der Waals surface area contributed by atoms with E-state index in [4.69, 9.17) is 9.52 Å². The Hall–Kier alpha value is -1.43. The summed E-state index contributed by atoms with van der Waals surface area (Å²) in [6.07, 6.45) is 1.40. The quantitative estimate of drug-likeness (QED) is 0.812. The normalized spacial score (nSPS) is 19.4. The SMILES string of the molecule is CC(=O)N1CC(C)Sc2coc(C(=O)O)c21. The third-order valence-electron chi connectivity index (χ3n) is 2.34. The number of amides is 1. The van der Waals surface area contributed by atoms with E-state index in [0.29, 0.717) is 17.1 Å². The van der Waals surface area contributed by atoms with Crippen LogP contribution in [0.3, 0.4) is 0 Å². The molecular weight excluding hydrogens is 230 g/mol. The highest BCUT2D eigenvalue weighted by atomic mass is 32.2. The predicted octanol–water partition coefficient (Wildman–Crippen LogP) is 1.82. The van der Waals surface area contributed by atoms with Crippen molar-refractivity contribution >= 4 is 29.3 Å². The van der Waals surface area contributed by atoms with Gasteiger partial charge in [0, 0.05) is 18.7 Å². The highest BCUT2D eigenvalue weighted by molar-refractivity contribution is 8.00. The Morgan fingerprint density at radius 3 is 2.88 bits per heavy atom. The van der Waals surface area contributed by atoms with Crippen LogP contribution in [0, 0.1) is 0 Å². The van der Waals surface area contributed by atoms with E-state index in [1.807, 2.05) is 6.92 Å². The van der Waals surface area contributed by atoms with E-state index in [-0.39, 0.29) is 16.9 Å². The molecule has 1 atom stereocenters. The largest absolute Gasteiger partial charge is 0.475 e. The van der Waals surface area contributed by atoms with Gasteiger partial charge in [-0.2, -0.15) is 0 Å². The van der Waals surface area contributed by atoms with E-state index >= 15 is 0 Å². The lowest BCUT2D eigenvalue weighted by Gasteiger charge is -2.29. The molecular formula is C10H11NO4S. The first-order valence-electron chi connectivity index (χ1n) is 4.80. The summed E-state index contributed by atoms with van der Waals surface area (Å²) in [5.41, 5.74) is 0.392. The number of carbonyl (C=O) groups excluding carboxylic acids is 1. The average Bonchev–Trinajstić information content (AvgIpc) is 2.59. The molecule has 0 radical (unpaired) electrons. The van der Waals surface area contributed by atoms with Crippen molar-refractivity contribution < 1.29 is 19.1 Å². The second-order valence-electron chi connectivity index (χ2n) is 3.64. The smallest absolute Gasteiger partial charge is 0.374 e. The van der Waals surface area contributed by atoms with Gasteiger partial charge < -0.3 is 14.4 Å². The first kappa shape index (κ1) is 11.1. The molecule has 0 spiro atoms. The molecule has 1 amide bonds. The molecule has 0 fully saturated rings. The standard InChI is InChI=1S/C10H11NO4S/c1-5-3-11(6(2)12)8-7(16-5)4-15-9(8)10(13)14/h4-5H,3H2,1-2H3,(H,13,14). The molecule has 86 valence electrons. The minimum Gasteiger partial charge on any atom is -0.475 e. The first-order chi connectivity index (χ1) is 7.50. The number of anilines is 1. The number of fused-ring (bicyclic) bond motifs is 1. The van der Waals surface area contributed by atoms with Gasteiger partial charge in [0.25, 0.3) is 0 Å². The third kappa shape index (κ3) is 1.69. The number of carbonyl (C=O) groups is 2. The first-order valence-corrected chi connectivity index (χ1v) is 5.68. The van der Waals surface area contributed by atoms with E-state index < -0.39 is 5.97 Å². The van der Waals surface area contributed by atoms with Gasteiger partial charge in [0.2, 0.25) is 11.7 Å². The van der Waals surface area contributed by atoms with Crippen LogP contribution < -0.4 is 4.90 Å². The van der Waals surface area contributed by atoms with Gasteiger partial charge in [-0.25, -0.2) is 4.79 Å². The molecule has 2 rings (SSSR count). The molecule has 1 N–H and O–H groups in total. The van der Waals surface area contributed by atoms with Crippen molar-refractivity contribution in [3.8, 4) is 0 Å². The fourth-order valence-electron chi connectivity index (χ4n) is 1.72. The van der Waals surface area contributed by atoms with E-state index in [1.165, 1.54) is 29.8 Å². The molecule has 2 heterocycles. The topological polar surface area (TPSA) is 70.8 Å². The summed E-state index contributed by atoms with van der Waals surface area (Å²) >= 11 is 1.52. The Labute approximate surface area is 96.4 Å². The number of carboxylic acids is 1. The van der Waals surface area contributed by atoms with Gasteiger partial charge in [0.1, 0.15) is 12.0 Å². The highest BCUT2D eigenvalue weighted by Crippen LogP contribution is 2.42. The zero-order valence-electron chi connectivity index (χ0n) is 8.89. The van der Waals surface area contributed by atoms with Crippen molar-refractivity contribution in [2.24, 2.45) is 0 Å². The molecule has 0 bridgehead atoms.